The van der Waals surface area contributed by atoms with Crippen molar-refractivity contribution in [3.63, 3.8) is 0 Å². The van der Waals surface area contributed by atoms with Gasteiger partial charge in [0.1, 0.15) is 6.61 Å². The SMILES string of the molecule is C[C@H]1[C@H]([Si](C)(C)F)[C@@H](CCn2cc(CCO)nn2)O[C@H]1CCc1cccc(N2CCOC2=O)c1. The van der Waals surface area contributed by atoms with Crippen molar-refractivity contribution in [3.05, 3.63) is 41.7 Å². The van der Waals surface area contributed by atoms with Crippen molar-refractivity contribution in [2.75, 3.05) is 24.7 Å². The summed E-state index contributed by atoms with van der Waals surface area (Å²) >= 11 is 0. The molecular formula is C24H35FN4O4Si. The van der Waals surface area contributed by atoms with Gasteiger partial charge in [-0.05, 0) is 56.0 Å². The number of hydrogen-bond donors (Lipinski definition) is 1. The zero-order chi connectivity index (χ0) is 24.3. The van der Waals surface area contributed by atoms with Gasteiger partial charge in [0.05, 0.1) is 24.4 Å². The molecule has 2 aliphatic heterocycles. The molecule has 3 heterocycles. The molecule has 1 aromatic heterocycles. The van der Waals surface area contributed by atoms with Gasteiger partial charge in [-0.3, -0.25) is 9.58 Å². The maximum atomic E-state index is 15.4. The minimum atomic E-state index is -2.94. The molecule has 4 atom stereocenters. The molecule has 0 aliphatic carbocycles. The Morgan fingerprint density at radius 2 is 2.06 bits per heavy atom. The average Bonchev–Trinajstić information content (AvgIpc) is 3.50. The van der Waals surface area contributed by atoms with E-state index in [9.17, 15) is 4.79 Å². The van der Waals surface area contributed by atoms with E-state index in [-0.39, 0.29) is 36.4 Å². The zero-order valence-electron chi connectivity index (χ0n) is 20.2. The topological polar surface area (TPSA) is 89.7 Å². The van der Waals surface area contributed by atoms with Crippen LogP contribution in [-0.2, 0) is 28.9 Å². The molecule has 0 unspecified atom stereocenters. The smallest absolute Gasteiger partial charge is 0.414 e. The molecule has 186 valence electrons. The summed E-state index contributed by atoms with van der Waals surface area (Å²) < 4.78 is 28.6. The molecule has 2 aromatic rings. The van der Waals surface area contributed by atoms with Crippen LogP contribution in [0.4, 0.5) is 14.6 Å². The van der Waals surface area contributed by atoms with Crippen LogP contribution in [0.15, 0.2) is 30.5 Å². The van der Waals surface area contributed by atoms with E-state index in [0.29, 0.717) is 32.5 Å². The number of ether oxygens (including phenoxy) is 2. The van der Waals surface area contributed by atoms with Crippen LogP contribution in [0.5, 0.6) is 0 Å². The number of aryl methyl sites for hydroxylation is 2. The van der Waals surface area contributed by atoms with Crippen LogP contribution in [-0.4, -0.2) is 66.6 Å². The molecule has 1 N–H and O–H groups in total. The van der Waals surface area contributed by atoms with Gasteiger partial charge in [-0.2, -0.15) is 0 Å². The van der Waals surface area contributed by atoms with Gasteiger partial charge in [0.15, 0.2) is 0 Å². The number of aromatic nitrogens is 3. The van der Waals surface area contributed by atoms with Crippen molar-refractivity contribution in [1.29, 1.82) is 0 Å². The lowest BCUT2D eigenvalue weighted by molar-refractivity contribution is 0.0247. The summed E-state index contributed by atoms with van der Waals surface area (Å²) in [4.78, 5) is 13.5. The number of aliphatic hydroxyl groups excluding tert-OH is 1. The third-order valence-electron chi connectivity index (χ3n) is 6.99. The number of cyclic esters (lactones) is 1. The number of rotatable bonds is 10. The molecule has 1 amide bonds. The molecule has 4 rings (SSSR count). The van der Waals surface area contributed by atoms with E-state index in [1.165, 1.54) is 0 Å². The highest BCUT2D eigenvalue weighted by atomic mass is 28.4. The molecule has 0 bridgehead atoms. The van der Waals surface area contributed by atoms with Gasteiger partial charge < -0.3 is 18.7 Å². The number of hydrogen-bond acceptors (Lipinski definition) is 6. The molecule has 0 spiro atoms. The summed E-state index contributed by atoms with van der Waals surface area (Å²) in [7, 11) is -2.94. The number of aliphatic hydroxyl groups is 1. The first-order valence-corrected chi connectivity index (χ1v) is 15.1. The summed E-state index contributed by atoms with van der Waals surface area (Å²) in [6, 6.07) is 7.97. The lowest BCUT2D eigenvalue weighted by Crippen LogP contribution is -2.36. The molecule has 2 fully saturated rings. The van der Waals surface area contributed by atoms with E-state index in [4.69, 9.17) is 14.6 Å². The molecular weight excluding hydrogens is 455 g/mol. The maximum absolute atomic E-state index is 15.4. The summed E-state index contributed by atoms with van der Waals surface area (Å²) in [5, 5.41) is 17.3. The number of carbonyl (C=O) groups is 1. The second-order valence-electron chi connectivity index (χ2n) is 9.87. The number of carbonyl (C=O) groups excluding carboxylic acids is 1. The lowest BCUT2D eigenvalue weighted by Gasteiger charge is -2.28. The monoisotopic (exact) mass is 490 g/mol. The van der Waals surface area contributed by atoms with Crippen molar-refractivity contribution in [3.8, 4) is 0 Å². The highest BCUT2D eigenvalue weighted by Crippen LogP contribution is 2.47. The zero-order valence-corrected chi connectivity index (χ0v) is 21.2. The van der Waals surface area contributed by atoms with Gasteiger partial charge in [0.2, 0.25) is 8.41 Å². The Bertz CT molecular complexity index is 982. The summed E-state index contributed by atoms with van der Waals surface area (Å²) in [6.07, 6.45) is 4.13. The minimum Gasteiger partial charge on any atom is -0.447 e. The number of amides is 1. The quantitative estimate of drug-likeness (QED) is 0.403. The lowest BCUT2D eigenvalue weighted by atomic mass is 9.95. The van der Waals surface area contributed by atoms with Crippen molar-refractivity contribution in [2.24, 2.45) is 5.92 Å². The Morgan fingerprint density at radius 3 is 2.76 bits per heavy atom. The number of benzene rings is 1. The number of anilines is 1. The van der Waals surface area contributed by atoms with Crippen LogP contribution in [0.2, 0.25) is 18.6 Å². The van der Waals surface area contributed by atoms with Gasteiger partial charge in [0, 0.05) is 37.0 Å². The Balaban J connectivity index is 1.38. The molecule has 8 nitrogen and oxygen atoms in total. The summed E-state index contributed by atoms with van der Waals surface area (Å²) in [5.41, 5.74) is 2.65. The molecule has 34 heavy (non-hydrogen) atoms. The van der Waals surface area contributed by atoms with E-state index in [1.54, 1.807) is 22.7 Å². The number of nitrogens with zero attached hydrogens (tertiary/aromatic N) is 4. The fourth-order valence-electron chi connectivity index (χ4n) is 5.40. The minimum absolute atomic E-state index is 0.0152. The van der Waals surface area contributed by atoms with Crippen LogP contribution in [0, 0.1) is 5.92 Å². The fraction of sp³-hybridized carbons (Fsp3) is 0.625. The first kappa shape index (κ1) is 24.8. The maximum Gasteiger partial charge on any atom is 0.414 e. The van der Waals surface area contributed by atoms with Gasteiger partial charge in [-0.25, -0.2) is 4.79 Å². The number of halogens is 1. The molecule has 10 heteroatoms. The fourth-order valence-corrected chi connectivity index (χ4v) is 8.00. The van der Waals surface area contributed by atoms with Crippen molar-refractivity contribution in [1.82, 2.24) is 15.0 Å². The van der Waals surface area contributed by atoms with Crippen molar-refractivity contribution in [2.45, 2.75) is 70.0 Å². The molecule has 1 aromatic carbocycles. The largest absolute Gasteiger partial charge is 0.447 e. The predicted molar refractivity (Wildman–Crippen MR) is 129 cm³/mol. The molecule has 0 radical (unpaired) electrons. The summed E-state index contributed by atoms with van der Waals surface area (Å²) in [5.74, 6) is 0.133. The van der Waals surface area contributed by atoms with E-state index in [1.807, 2.05) is 24.4 Å². The van der Waals surface area contributed by atoms with E-state index in [2.05, 4.69) is 23.3 Å². The van der Waals surface area contributed by atoms with Gasteiger partial charge >= 0.3 is 6.09 Å². The van der Waals surface area contributed by atoms with Gasteiger partial charge in [-0.15, -0.1) is 5.10 Å². The highest BCUT2D eigenvalue weighted by molar-refractivity contribution is 6.72. The van der Waals surface area contributed by atoms with E-state index in [0.717, 1.165) is 29.8 Å². The van der Waals surface area contributed by atoms with Gasteiger partial charge in [0.25, 0.3) is 0 Å². The Kier molecular flexibility index (Phi) is 7.69. The van der Waals surface area contributed by atoms with Crippen LogP contribution in [0.3, 0.4) is 0 Å². The van der Waals surface area contributed by atoms with E-state index < -0.39 is 8.41 Å². The standard InChI is InChI=1S/C24H35FN4O4Si/c1-17-21(8-7-18-5-4-6-20(15-18)29-12-14-32-24(29)31)33-22(23(17)34(2,3)25)9-11-28-16-19(10-13-30)26-27-28/h4-6,15-17,21-23,30H,7-14H2,1-3H3/t17-,21+,22-,23+/m1/s1. The second kappa shape index (κ2) is 10.5. The van der Waals surface area contributed by atoms with Crippen LogP contribution >= 0.6 is 0 Å². The normalized spacial score (nSPS) is 25.2. The molecule has 0 saturated carbocycles. The third-order valence-corrected chi connectivity index (χ3v) is 9.48. The molecule has 2 saturated heterocycles. The van der Waals surface area contributed by atoms with Crippen LogP contribution in [0.1, 0.15) is 31.0 Å². The first-order valence-electron chi connectivity index (χ1n) is 12.1. The first-order chi connectivity index (χ1) is 16.3. The third kappa shape index (κ3) is 5.67. The predicted octanol–water partition coefficient (Wildman–Crippen LogP) is 3.74. The summed E-state index contributed by atoms with van der Waals surface area (Å²) in [6.45, 7) is 7.31. The van der Waals surface area contributed by atoms with Crippen LogP contribution < -0.4 is 4.90 Å². The van der Waals surface area contributed by atoms with Crippen molar-refractivity contribution < 1.29 is 23.5 Å². The van der Waals surface area contributed by atoms with E-state index >= 15 is 4.11 Å². The highest BCUT2D eigenvalue weighted by Gasteiger charge is 2.50. The van der Waals surface area contributed by atoms with Crippen molar-refractivity contribution >= 4 is 20.2 Å². The Morgan fingerprint density at radius 1 is 1.24 bits per heavy atom. The molecule has 2 aliphatic rings. The van der Waals surface area contributed by atoms with Crippen LogP contribution in [0.25, 0.3) is 0 Å². The Labute approximate surface area is 201 Å². The second-order valence-corrected chi connectivity index (χ2v) is 13.7. The van der Waals surface area contributed by atoms with Gasteiger partial charge in [-0.1, -0.05) is 24.3 Å². The Hall–Kier alpha value is -2.30. The average molecular weight is 491 g/mol.